The van der Waals surface area contributed by atoms with E-state index in [9.17, 15) is 17.2 Å². The molecule has 2 N–H and O–H groups in total. The summed E-state index contributed by atoms with van der Waals surface area (Å²) in [5, 5.41) is 8.78. The summed E-state index contributed by atoms with van der Waals surface area (Å²) in [5.74, 6) is 0. The van der Waals surface area contributed by atoms with Crippen molar-refractivity contribution in [1.82, 2.24) is 0 Å². The van der Waals surface area contributed by atoms with Crippen molar-refractivity contribution in [1.29, 1.82) is 5.26 Å². The highest BCUT2D eigenvalue weighted by Crippen LogP contribution is 2.32. The molecule has 0 spiro atoms. The van der Waals surface area contributed by atoms with Gasteiger partial charge in [0.2, 0.25) is 0 Å². The van der Waals surface area contributed by atoms with Gasteiger partial charge in [0.05, 0.1) is 5.56 Å². The molecule has 0 fully saturated rings. The maximum Gasteiger partial charge on any atom is 0.265 e. The monoisotopic (exact) mass is 280 g/mol. The Balaban J connectivity index is 3.72. The Morgan fingerprint density at radius 3 is 2.41 bits per heavy atom. The van der Waals surface area contributed by atoms with Gasteiger partial charge < -0.3 is 5.73 Å². The number of rotatable bonds is 3. The molecule has 0 aliphatic rings. The van der Waals surface area contributed by atoms with E-state index in [1.165, 1.54) is 6.07 Å². The lowest BCUT2D eigenvalue weighted by Gasteiger charge is -2.11. The molecule has 0 atom stereocenters. The van der Waals surface area contributed by atoms with Crippen molar-refractivity contribution in [3.8, 4) is 6.07 Å². The maximum atomic E-state index is 12.8. The summed E-state index contributed by atoms with van der Waals surface area (Å²) in [6, 6.07) is 3.55. The first-order chi connectivity index (χ1) is 7.82. The normalized spacial score (nSPS) is 11.5. The van der Waals surface area contributed by atoms with Gasteiger partial charge in [-0.2, -0.15) is 5.26 Å². The van der Waals surface area contributed by atoms with Crippen molar-refractivity contribution in [2.75, 3.05) is 0 Å². The lowest BCUT2D eigenvalue weighted by atomic mass is 10.0. The lowest BCUT2D eigenvalue weighted by Crippen LogP contribution is -2.08. The van der Waals surface area contributed by atoms with E-state index >= 15 is 0 Å². The van der Waals surface area contributed by atoms with E-state index in [-0.39, 0.29) is 12.1 Å². The number of benzene rings is 1. The Hall–Kier alpha value is -1.23. The summed E-state index contributed by atoms with van der Waals surface area (Å²) in [5.41, 5.74) is 3.92. The van der Waals surface area contributed by atoms with E-state index < -0.39 is 31.5 Å². The van der Waals surface area contributed by atoms with Crippen LogP contribution in [0.25, 0.3) is 0 Å². The van der Waals surface area contributed by atoms with E-state index in [1.54, 1.807) is 0 Å². The quantitative estimate of drug-likeness (QED) is 0.857. The van der Waals surface area contributed by atoms with Crippen LogP contribution in [0.5, 0.6) is 0 Å². The molecule has 0 aliphatic heterocycles. The van der Waals surface area contributed by atoms with Crippen molar-refractivity contribution >= 4 is 19.7 Å². The van der Waals surface area contributed by atoms with Gasteiger partial charge in [0, 0.05) is 22.8 Å². The van der Waals surface area contributed by atoms with Crippen LogP contribution in [0.15, 0.2) is 17.0 Å². The average Bonchev–Trinajstić information content (AvgIpc) is 2.25. The number of alkyl halides is 2. The number of nitriles is 1. The first-order valence-corrected chi connectivity index (χ1v) is 6.62. The van der Waals surface area contributed by atoms with Crippen molar-refractivity contribution in [3.05, 3.63) is 28.8 Å². The molecule has 1 aromatic rings. The molecule has 0 unspecified atom stereocenters. The molecule has 0 heterocycles. The van der Waals surface area contributed by atoms with E-state index in [1.807, 2.05) is 0 Å². The summed E-state index contributed by atoms with van der Waals surface area (Å²) in [7, 11) is 0.809. The van der Waals surface area contributed by atoms with Crippen LogP contribution in [-0.4, -0.2) is 8.42 Å². The second-order valence-electron chi connectivity index (χ2n) is 3.07. The number of halogens is 3. The second-order valence-corrected chi connectivity index (χ2v) is 5.60. The topological polar surface area (TPSA) is 84.0 Å². The Bertz CT molecular complexity index is 581. The SMILES string of the molecule is N#Cc1c(S(=O)(=O)Cl)ccc(CN)c1C(F)F. The van der Waals surface area contributed by atoms with Crippen molar-refractivity contribution in [3.63, 3.8) is 0 Å². The predicted octanol–water partition coefficient (Wildman–Crippen LogP) is 1.88. The second kappa shape index (κ2) is 4.96. The van der Waals surface area contributed by atoms with E-state index in [2.05, 4.69) is 0 Å². The predicted molar refractivity (Wildman–Crippen MR) is 57.0 cm³/mol. The van der Waals surface area contributed by atoms with Crippen LogP contribution in [0.3, 0.4) is 0 Å². The van der Waals surface area contributed by atoms with E-state index in [4.69, 9.17) is 21.7 Å². The maximum absolute atomic E-state index is 12.8. The van der Waals surface area contributed by atoms with Gasteiger partial charge in [-0.3, -0.25) is 0 Å². The molecular weight excluding hydrogens is 274 g/mol. The van der Waals surface area contributed by atoms with Crippen LogP contribution in [-0.2, 0) is 15.6 Å². The zero-order valence-corrected chi connectivity index (χ0v) is 9.89. The summed E-state index contributed by atoms with van der Waals surface area (Å²) in [4.78, 5) is -0.630. The van der Waals surface area contributed by atoms with Gasteiger partial charge in [-0.15, -0.1) is 0 Å². The number of hydrogen-bond acceptors (Lipinski definition) is 4. The Morgan fingerprint density at radius 1 is 1.47 bits per heavy atom. The molecule has 0 saturated carbocycles. The lowest BCUT2D eigenvalue weighted by molar-refractivity contribution is 0.149. The highest BCUT2D eigenvalue weighted by atomic mass is 35.7. The standard InChI is InChI=1S/C9H7ClF2N2O2S/c10-17(15,16)7-2-1-5(3-13)8(9(11)12)6(7)4-14/h1-2,9H,3,13H2. The summed E-state index contributed by atoms with van der Waals surface area (Å²) >= 11 is 0. The first-order valence-electron chi connectivity index (χ1n) is 4.31. The first kappa shape index (κ1) is 13.8. The molecule has 1 aromatic carbocycles. The van der Waals surface area contributed by atoms with Gasteiger partial charge >= 0.3 is 0 Å². The fourth-order valence-electron chi connectivity index (χ4n) is 1.39. The van der Waals surface area contributed by atoms with Gasteiger partial charge in [0.15, 0.2) is 0 Å². The summed E-state index contributed by atoms with van der Waals surface area (Å²) in [6.45, 7) is -0.225. The fraction of sp³-hybridized carbons (Fsp3) is 0.222. The van der Waals surface area contributed by atoms with Gasteiger partial charge in [0.25, 0.3) is 15.5 Å². The van der Waals surface area contributed by atoms with Crippen LogP contribution in [0, 0.1) is 11.3 Å². The number of hydrogen-bond donors (Lipinski definition) is 1. The minimum atomic E-state index is -4.25. The van der Waals surface area contributed by atoms with E-state index in [0.717, 1.165) is 12.1 Å². The largest absolute Gasteiger partial charge is 0.326 e. The third-order valence-electron chi connectivity index (χ3n) is 2.11. The van der Waals surface area contributed by atoms with Gasteiger partial charge in [-0.05, 0) is 11.6 Å². The minimum absolute atomic E-state index is 0.0145. The van der Waals surface area contributed by atoms with E-state index in [0.29, 0.717) is 0 Å². The van der Waals surface area contributed by atoms with Crippen molar-refractivity contribution in [2.45, 2.75) is 17.9 Å². The molecule has 0 aromatic heterocycles. The Kier molecular flexibility index (Phi) is 4.03. The zero-order valence-electron chi connectivity index (χ0n) is 8.32. The van der Waals surface area contributed by atoms with Crippen molar-refractivity contribution < 1.29 is 17.2 Å². The molecule has 1 rings (SSSR count). The molecule has 0 bridgehead atoms. The minimum Gasteiger partial charge on any atom is -0.326 e. The molecule has 0 amide bonds. The van der Waals surface area contributed by atoms with Gasteiger partial charge in [0.1, 0.15) is 11.0 Å². The van der Waals surface area contributed by atoms with Crippen LogP contribution >= 0.6 is 10.7 Å². The fourth-order valence-corrected chi connectivity index (χ4v) is 2.40. The third-order valence-corrected chi connectivity index (χ3v) is 3.47. The number of nitrogens with zero attached hydrogens (tertiary/aromatic N) is 1. The zero-order chi connectivity index (χ0) is 13.2. The molecule has 0 aliphatic carbocycles. The summed E-state index contributed by atoms with van der Waals surface area (Å²) in [6.07, 6.45) is -3.00. The van der Waals surface area contributed by atoms with Crippen LogP contribution in [0.4, 0.5) is 8.78 Å². The van der Waals surface area contributed by atoms with Gasteiger partial charge in [-0.25, -0.2) is 17.2 Å². The average molecular weight is 281 g/mol. The highest BCUT2D eigenvalue weighted by Gasteiger charge is 2.25. The van der Waals surface area contributed by atoms with Gasteiger partial charge in [-0.1, -0.05) is 6.07 Å². The molecule has 0 saturated heterocycles. The Morgan fingerprint density at radius 2 is 2.06 bits per heavy atom. The Labute approximate surface area is 101 Å². The molecular formula is C9H7ClF2N2O2S. The number of nitrogens with two attached hydrogens (primary N) is 1. The molecule has 92 valence electrons. The van der Waals surface area contributed by atoms with Crippen molar-refractivity contribution in [2.24, 2.45) is 5.73 Å². The summed E-state index contributed by atoms with van der Waals surface area (Å²) < 4.78 is 47.8. The smallest absolute Gasteiger partial charge is 0.265 e. The molecule has 8 heteroatoms. The van der Waals surface area contributed by atoms with Crippen LogP contribution in [0.1, 0.15) is 23.1 Å². The van der Waals surface area contributed by atoms with Crippen LogP contribution < -0.4 is 5.73 Å². The van der Waals surface area contributed by atoms with Crippen LogP contribution in [0.2, 0.25) is 0 Å². The third kappa shape index (κ3) is 2.72. The molecule has 17 heavy (non-hydrogen) atoms. The highest BCUT2D eigenvalue weighted by molar-refractivity contribution is 8.13. The molecule has 0 radical (unpaired) electrons. The molecule has 4 nitrogen and oxygen atoms in total.